The van der Waals surface area contributed by atoms with Crippen molar-refractivity contribution in [1.29, 1.82) is 0 Å². The molecule has 0 saturated heterocycles. The number of carbonyl (C=O) groups is 2. The molecule has 1 unspecified atom stereocenters. The molecule has 1 aliphatic carbocycles. The first-order valence-electron chi connectivity index (χ1n) is 12.9. The Morgan fingerprint density at radius 2 is 1.83 bits per heavy atom. The first-order chi connectivity index (χ1) is 17.0. The van der Waals surface area contributed by atoms with Gasteiger partial charge in [-0.05, 0) is 56.0 Å². The van der Waals surface area contributed by atoms with E-state index in [0.717, 1.165) is 37.8 Å². The van der Waals surface area contributed by atoms with E-state index in [1.807, 2.05) is 37.3 Å². The van der Waals surface area contributed by atoms with E-state index >= 15 is 0 Å². The fraction of sp³-hybridized carbons (Fsp3) is 0.464. The third-order valence-corrected chi connectivity index (χ3v) is 7.46. The predicted octanol–water partition coefficient (Wildman–Crippen LogP) is 5.35. The molecule has 1 aromatic carbocycles. The Labute approximate surface area is 206 Å². The molecule has 7 nitrogen and oxygen atoms in total. The average Bonchev–Trinajstić information content (AvgIpc) is 3.51. The number of aromatic nitrogens is 2. The molecule has 3 aromatic rings. The van der Waals surface area contributed by atoms with E-state index in [9.17, 15) is 9.59 Å². The van der Waals surface area contributed by atoms with Crippen molar-refractivity contribution in [3.63, 3.8) is 0 Å². The lowest BCUT2D eigenvalue weighted by Crippen LogP contribution is -2.65. The fourth-order valence-corrected chi connectivity index (χ4v) is 5.35. The number of nitrogens with zero attached hydrogens (tertiary/aromatic N) is 3. The Morgan fingerprint density at radius 1 is 1.11 bits per heavy atom. The third kappa shape index (κ3) is 4.51. The number of furan rings is 1. The number of carbonyl (C=O) groups excluding carboxylic acids is 2. The van der Waals surface area contributed by atoms with Gasteiger partial charge in [-0.25, -0.2) is 0 Å². The number of amides is 2. The van der Waals surface area contributed by atoms with Gasteiger partial charge in [-0.15, -0.1) is 0 Å². The predicted molar refractivity (Wildman–Crippen MR) is 135 cm³/mol. The van der Waals surface area contributed by atoms with E-state index < -0.39 is 5.54 Å². The van der Waals surface area contributed by atoms with Crippen LogP contribution in [0.5, 0.6) is 0 Å². The lowest BCUT2D eigenvalue weighted by atomic mass is 9.91. The Bertz CT molecular complexity index is 1170. The highest BCUT2D eigenvalue weighted by Crippen LogP contribution is 2.35. The summed E-state index contributed by atoms with van der Waals surface area (Å²) in [6, 6.07) is 13.4. The summed E-state index contributed by atoms with van der Waals surface area (Å²) >= 11 is 0. The van der Waals surface area contributed by atoms with Crippen LogP contribution in [-0.2, 0) is 17.8 Å². The lowest BCUT2D eigenvalue weighted by Gasteiger charge is -2.43. The first-order valence-corrected chi connectivity index (χ1v) is 12.9. The summed E-state index contributed by atoms with van der Waals surface area (Å²) in [5.41, 5.74) is 1.82. The summed E-state index contributed by atoms with van der Waals surface area (Å²) in [5.74, 6) is 0.233. The van der Waals surface area contributed by atoms with Crippen molar-refractivity contribution in [1.82, 2.24) is 15.1 Å². The second kappa shape index (κ2) is 9.72. The van der Waals surface area contributed by atoms with Crippen molar-refractivity contribution < 1.29 is 14.0 Å². The van der Waals surface area contributed by atoms with E-state index in [4.69, 9.17) is 4.42 Å². The standard InChI is InChI=1S/C28H34N4O3/c1-3-20-13-15-22(16-14-20)32-26(33)24-18-23(25-12-9-17-35-25)30-31(24)19-28(32,2)27(34)29-21-10-7-5-4-6-8-11-21/h9,12-18,21H,3-8,10-11,19H2,1-2H3,(H,29,34). The molecule has 1 atom stereocenters. The number of hydrogen-bond acceptors (Lipinski definition) is 4. The van der Waals surface area contributed by atoms with Crippen molar-refractivity contribution in [2.75, 3.05) is 4.90 Å². The fourth-order valence-electron chi connectivity index (χ4n) is 5.35. The maximum absolute atomic E-state index is 13.9. The summed E-state index contributed by atoms with van der Waals surface area (Å²) in [4.78, 5) is 29.5. The Balaban J connectivity index is 1.51. The molecule has 0 radical (unpaired) electrons. The van der Waals surface area contributed by atoms with E-state index in [1.165, 1.54) is 24.8 Å². The van der Waals surface area contributed by atoms with Crippen molar-refractivity contribution in [3.05, 3.63) is 60.0 Å². The SMILES string of the molecule is CCc1ccc(N2C(=O)c3cc(-c4ccco4)nn3CC2(C)C(=O)NC2CCCCCCC2)cc1. The number of aryl methyl sites for hydroxylation is 1. The van der Waals surface area contributed by atoms with Gasteiger partial charge in [-0.2, -0.15) is 5.10 Å². The van der Waals surface area contributed by atoms with Crippen LogP contribution in [-0.4, -0.2) is 33.2 Å². The van der Waals surface area contributed by atoms with E-state index in [1.54, 1.807) is 28.0 Å². The molecule has 0 spiro atoms. The molecule has 2 aliphatic rings. The van der Waals surface area contributed by atoms with Crippen molar-refractivity contribution in [2.24, 2.45) is 0 Å². The molecule has 5 rings (SSSR count). The largest absolute Gasteiger partial charge is 0.463 e. The Kier molecular flexibility index (Phi) is 6.50. The molecule has 1 saturated carbocycles. The summed E-state index contributed by atoms with van der Waals surface area (Å²) in [6.45, 7) is 4.22. The zero-order valence-electron chi connectivity index (χ0n) is 20.6. The molecule has 1 aliphatic heterocycles. The molecule has 184 valence electrons. The molecular weight excluding hydrogens is 440 g/mol. The summed E-state index contributed by atoms with van der Waals surface area (Å²) < 4.78 is 7.17. The van der Waals surface area contributed by atoms with Crippen molar-refractivity contribution in [2.45, 2.75) is 83.3 Å². The highest BCUT2D eigenvalue weighted by Gasteiger charge is 2.49. The summed E-state index contributed by atoms with van der Waals surface area (Å²) in [7, 11) is 0. The lowest BCUT2D eigenvalue weighted by molar-refractivity contribution is -0.127. The molecule has 2 amide bonds. The van der Waals surface area contributed by atoms with Crippen LogP contribution in [0.1, 0.15) is 74.8 Å². The van der Waals surface area contributed by atoms with E-state index in [2.05, 4.69) is 17.3 Å². The Morgan fingerprint density at radius 3 is 2.49 bits per heavy atom. The monoisotopic (exact) mass is 474 g/mol. The molecule has 0 bridgehead atoms. The zero-order valence-corrected chi connectivity index (χ0v) is 20.6. The van der Waals surface area contributed by atoms with Gasteiger partial charge in [0.25, 0.3) is 5.91 Å². The number of nitrogens with one attached hydrogen (secondary N) is 1. The maximum atomic E-state index is 13.9. The minimum Gasteiger partial charge on any atom is -0.463 e. The quantitative estimate of drug-likeness (QED) is 0.540. The van der Waals surface area contributed by atoms with Gasteiger partial charge in [0.2, 0.25) is 5.91 Å². The highest BCUT2D eigenvalue weighted by molar-refractivity contribution is 6.12. The third-order valence-electron chi connectivity index (χ3n) is 7.46. The van der Waals surface area contributed by atoms with Crippen LogP contribution in [0.2, 0.25) is 0 Å². The van der Waals surface area contributed by atoms with Crippen molar-refractivity contribution in [3.8, 4) is 11.5 Å². The molecule has 35 heavy (non-hydrogen) atoms. The van der Waals surface area contributed by atoms with Gasteiger partial charge in [-0.3, -0.25) is 19.2 Å². The zero-order chi connectivity index (χ0) is 24.4. The van der Waals surface area contributed by atoms with Gasteiger partial charge in [0.15, 0.2) is 5.76 Å². The van der Waals surface area contributed by atoms with Crippen LogP contribution in [0.3, 0.4) is 0 Å². The normalized spacial score (nSPS) is 21.3. The summed E-state index contributed by atoms with van der Waals surface area (Å²) in [5, 5.41) is 7.96. The van der Waals surface area contributed by atoms with Gasteiger partial charge in [0.1, 0.15) is 16.9 Å². The van der Waals surface area contributed by atoms with Crippen LogP contribution < -0.4 is 10.2 Å². The smallest absolute Gasteiger partial charge is 0.277 e. The maximum Gasteiger partial charge on any atom is 0.277 e. The van der Waals surface area contributed by atoms with Crippen LogP contribution in [0.15, 0.2) is 53.1 Å². The molecule has 3 heterocycles. The number of benzene rings is 1. The minimum absolute atomic E-state index is 0.128. The van der Waals surface area contributed by atoms with E-state index in [-0.39, 0.29) is 24.4 Å². The van der Waals surface area contributed by atoms with E-state index in [0.29, 0.717) is 17.1 Å². The van der Waals surface area contributed by atoms with Gasteiger partial charge >= 0.3 is 0 Å². The number of fused-ring (bicyclic) bond motifs is 1. The second-order valence-corrected chi connectivity index (χ2v) is 10.00. The molecule has 1 fully saturated rings. The summed E-state index contributed by atoms with van der Waals surface area (Å²) in [6.07, 6.45) is 10.4. The molecule has 2 aromatic heterocycles. The van der Waals surface area contributed by atoms with Crippen LogP contribution in [0.4, 0.5) is 5.69 Å². The highest BCUT2D eigenvalue weighted by atomic mass is 16.3. The topological polar surface area (TPSA) is 80.4 Å². The van der Waals surface area contributed by atoms with Crippen LogP contribution in [0, 0.1) is 0 Å². The van der Waals surface area contributed by atoms with Crippen molar-refractivity contribution >= 4 is 17.5 Å². The second-order valence-electron chi connectivity index (χ2n) is 10.00. The first kappa shape index (κ1) is 23.4. The van der Waals surface area contributed by atoms with Gasteiger partial charge in [0, 0.05) is 17.8 Å². The van der Waals surface area contributed by atoms with Gasteiger partial charge in [0.05, 0.1) is 12.8 Å². The minimum atomic E-state index is -1.12. The number of anilines is 1. The van der Waals surface area contributed by atoms with Crippen LogP contribution >= 0.6 is 0 Å². The van der Waals surface area contributed by atoms with Gasteiger partial charge < -0.3 is 9.73 Å². The Hall–Kier alpha value is -3.35. The van der Waals surface area contributed by atoms with Crippen LogP contribution in [0.25, 0.3) is 11.5 Å². The molecule has 1 N–H and O–H groups in total. The number of rotatable bonds is 5. The van der Waals surface area contributed by atoms with Gasteiger partial charge in [-0.1, -0.05) is 51.2 Å². The number of hydrogen-bond donors (Lipinski definition) is 1. The molecular formula is C28H34N4O3. The molecule has 7 heteroatoms. The average molecular weight is 475 g/mol.